The molecule has 2 N–H and O–H groups in total. The van der Waals surface area contributed by atoms with Crippen molar-refractivity contribution in [2.45, 2.75) is 5.89 Å². The van der Waals surface area contributed by atoms with Gasteiger partial charge in [0.25, 0.3) is 0 Å². The van der Waals surface area contributed by atoms with Crippen molar-refractivity contribution in [2.75, 3.05) is 7.11 Å². The summed E-state index contributed by atoms with van der Waals surface area (Å²) in [7, 11) is 1.36. The van der Waals surface area contributed by atoms with Gasteiger partial charge in [0.05, 0.1) is 24.8 Å². The van der Waals surface area contributed by atoms with Crippen LogP contribution in [0.1, 0.15) is 12.8 Å². The number of benzene rings is 1. The second kappa shape index (κ2) is 5.24. The van der Waals surface area contributed by atoms with Crippen LogP contribution in [0, 0.1) is 28.6 Å². The molecule has 19 heavy (non-hydrogen) atoms. The molecule has 5 nitrogen and oxygen atoms in total. The highest BCUT2D eigenvalue weighted by Gasteiger charge is 2.37. The van der Waals surface area contributed by atoms with Crippen molar-refractivity contribution in [3.8, 4) is 12.1 Å². The molecule has 0 saturated carbocycles. The average Bonchev–Trinajstić information content (AvgIpc) is 2.47. The van der Waals surface area contributed by atoms with Crippen molar-refractivity contribution in [3.63, 3.8) is 0 Å². The van der Waals surface area contributed by atoms with E-state index in [2.05, 4.69) is 4.99 Å². The fraction of sp³-hybridized carbons (Fsp3) is 0.214. The lowest BCUT2D eigenvalue weighted by Crippen LogP contribution is -2.29. The summed E-state index contributed by atoms with van der Waals surface area (Å²) in [4.78, 5) is 3.91. The summed E-state index contributed by atoms with van der Waals surface area (Å²) in [5.41, 5.74) is 6.20. The van der Waals surface area contributed by atoms with Crippen LogP contribution in [0.5, 0.6) is 0 Å². The maximum Gasteiger partial charge on any atom is 0.208 e. The first kappa shape index (κ1) is 11.3. The molecule has 94 valence electrons. The first-order valence-corrected chi connectivity index (χ1v) is 5.57. The van der Waals surface area contributed by atoms with Crippen molar-refractivity contribution >= 4 is 5.90 Å². The van der Waals surface area contributed by atoms with Crippen molar-refractivity contribution in [2.24, 2.45) is 16.6 Å². The molecule has 1 aromatic carbocycles. The van der Waals surface area contributed by atoms with Crippen LogP contribution in [0.25, 0.3) is 0 Å². The number of nitrogens with two attached hydrogens (primary N) is 1. The van der Waals surface area contributed by atoms with E-state index in [1.165, 1.54) is 7.11 Å². The van der Waals surface area contributed by atoms with E-state index in [1.807, 2.05) is 12.1 Å². The predicted octanol–water partition coefficient (Wildman–Crippen LogP) is 1.66. The van der Waals surface area contributed by atoms with Crippen molar-refractivity contribution in [3.05, 3.63) is 47.3 Å². The van der Waals surface area contributed by atoms with Crippen LogP contribution in [0.4, 0.5) is 0 Å². The lowest BCUT2D eigenvalue weighted by Gasteiger charge is -2.26. The van der Waals surface area contributed by atoms with Crippen molar-refractivity contribution in [1.82, 2.24) is 0 Å². The first-order chi connectivity index (χ1) is 9.59. The predicted molar refractivity (Wildman–Crippen MR) is 69.6 cm³/mol. The molecule has 2 unspecified atom stereocenters. The van der Waals surface area contributed by atoms with Crippen molar-refractivity contribution < 1.29 is 6.11 Å². The molecule has 0 saturated heterocycles. The number of rotatable bonds is 1. The summed E-state index contributed by atoms with van der Waals surface area (Å²) in [5.74, 6) is -2.70. The van der Waals surface area contributed by atoms with E-state index in [0.29, 0.717) is 5.56 Å². The molecule has 1 heterocycles. The molecule has 2 rings (SSSR count). The fourth-order valence-electron chi connectivity index (χ4n) is 1.97. The van der Waals surface area contributed by atoms with Crippen LogP contribution in [-0.2, 0) is 4.74 Å². The minimum absolute atomic E-state index is 0.0443. The van der Waals surface area contributed by atoms with Crippen LogP contribution < -0.4 is 5.73 Å². The fourth-order valence-corrected chi connectivity index (χ4v) is 1.97. The quantitative estimate of drug-likeness (QED) is 0.823. The molecule has 0 radical (unpaired) electrons. The van der Waals surface area contributed by atoms with E-state index in [4.69, 9.17) is 11.8 Å². The minimum atomic E-state index is -1.62. The Morgan fingerprint density at radius 1 is 1.37 bits per heavy atom. The molecule has 5 heteroatoms. The van der Waals surface area contributed by atoms with Crippen molar-refractivity contribution in [1.29, 1.82) is 10.5 Å². The van der Waals surface area contributed by atoms with Crippen LogP contribution >= 0.6 is 0 Å². The average molecular weight is 253 g/mol. The van der Waals surface area contributed by atoms with E-state index in [0.717, 1.165) is 0 Å². The summed E-state index contributed by atoms with van der Waals surface area (Å²) in [5, 5.41) is 18.7. The third kappa shape index (κ3) is 2.14. The van der Waals surface area contributed by atoms with Gasteiger partial charge in [-0.2, -0.15) is 15.5 Å². The molecule has 0 aromatic heterocycles. The second-order valence-electron chi connectivity index (χ2n) is 3.87. The van der Waals surface area contributed by atoms with Gasteiger partial charge in [0.15, 0.2) is 0 Å². The summed E-state index contributed by atoms with van der Waals surface area (Å²) < 4.78 is 13.8. The Morgan fingerprint density at radius 3 is 2.58 bits per heavy atom. The first-order valence-electron chi connectivity index (χ1n) is 6.07. The number of hydrogen-bond acceptors (Lipinski definition) is 5. The topological polar surface area (TPSA) is 95.2 Å². The third-order valence-corrected chi connectivity index (χ3v) is 2.83. The Bertz CT molecular complexity index is 669. The second-order valence-corrected chi connectivity index (χ2v) is 3.87. The van der Waals surface area contributed by atoms with Gasteiger partial charge in [-0.15, -0.1) is 0 Å². The van der Waals surface area contributed by atoms with Gasteiger partial charge in [0.1, 0.15) is 11.7 Å². The number of ether oxygens (including phenoxy) is 1. The van der Waals surface area contributed by atoms with Gasteiger partial charge in [0, 0.05) is 7.26 Å². The van der Waals surface area contributed by atoms with Crippen LogP contribution in [0.15, 0.2) is 46.7 Å². The molecule has 2 atom stereocenters. The van der Waals surface area contributed by atoms with E-state index in [9.17, 15) is 10.5 Å². The van der Waals surface area contributed by atoms with E-state index in [-0.39, 0.29) is 17.3 Å². The van der Waals surface area contributed by atoms with Gasteiger partial charge in [-0.1, -0.05) is 30.3 Å². The summed E-state index contributed by atoms with van der Waals surface area (Å²) in [6, 6.07) is 12.5. The smallest absolute Gasteiger partial charge is 0.208 e. The Kier molecular flexibility index (Phi) is 3.12. The number of hydrogen-bond donors (Lipinski definition) is 1. The summed E-state index contributed by atoms with van der Waals surface area (Å²) in [6.07, 6.45) is 0. The summed E-state index contributed by atoms with van der Waals surface area (Å²) in [6.45, 7) is 0. The zero-order valence-electron chi connectivity index (χ0n) is 11.3. The molecule has 1 aliphatic heterocycles. The molecule has 1 aromatic rings. The third-order valence-electron chi connectivity index (χ3n) is 2.83. The van der Waals surface area contributed by atoms with Crippen LogP contribution in [-0.4, -0.2) is 13.0 Å². The molecular weight excluding hydrogens is 240 g/mol. The molecular formula is C14H12N4O. The monoisotopic (exact) mass is 253 g/mol. The SMILES string of the molecule is [2H]C1(c2ccccc2)C(C#N)=C(N)N=C(OC)C1C#N. The zero-order chi connectivity index (χ0) is 14.8. The van der Waals surface area contributed by atoms with Gasteiger partial charge in [0.2, 0.25) is 5.90 Å². The Labute approximate surface area is 112 Å². The number of nitriles is 2. The van der Waals surface area contributed by atoms with Crippen LogP contribution in [0.3, 0.4) is 0 Å². The van der Waals surface area contributed by atoms with Gasteiger partial charge < -0.3 is 10.5 Å². The van der Waals surface area contributed by atoms with E-state index >= 15 is 0 Å². The maximum absolute atomic E-state index is 9.39. The van der Waals surface area contributed by atoms with E-state index in [1.54, 1.807) is 30.3 Å². The lowest BCUT2D eigenvalue weighted by molar-refractivity contribution is 0.368. The molecule has 0 bridgehead atoms. The minimum Gasteiger partial charge on any atom is -0.483 e. The number of aliphatic imine (C=N–C) groups is 1. The molecule has 0 aliphatic carbocycles. The Hall–Kier alpha value is -2.79. The molecule has 0 amide bonds. The van der Waals surface area contributed by atoms with Gasteiger partial charge in [-0.25, -0.2) is 0 Å². The highest BCUT2D eigenvalue weighted by atomic mass is 16.5. The van der Waals surface area contributed by atoms with Gasteiger partial charge in [-0.3, -0.25) is 0 Å². The number of nitrogens with zero attached hydrogens (tertiary/aromatic N) is 3. The summed E-state index contributed by atoms with van der Waals surface area (Å²) >= 11 is 0. The van der Waals surface area contributed by atoms with Gasteiger partial charge in [-0.05, 0) is 5.56 Å². The highest BCUT2D eigenvalue weighted by molar-refractivity contribution is 5.85. The number of methoxy groups -OCH3 is 1. The molecule has 1 aliphatic rings. The Balaban J connectivity index is 2.74. The highest BCUT2D eigenvalue weighted by Crippen LogP contribution is 2.36. The zero-order valence-corrected chi connectivity index (χ0v) is 10.3. The number of allylic oxidation sites excluding steroid dienone is 1. The Morgan fingerprint density at radius 2 is 2.05 bits per heavy atom. The molecule has 0 spiro atoms. The van der Waals surface area contributed by atoms with E-state index < -0.39 is 11.8 Å². The standard InChI is InChI=1S/C14H12N4O/c1-19-14-11(8-16)12(9-5-3-2-4-6-9)10(7-15)13(17)18-14/h2-6,11-12H,17H2,1H3/i12D. The largest absolute Gasteiger partial charge is 0.483 e. The van der Waals surface area contributed by atoms with Gasteiger partial charge >= 0.3 is 0 Å². The molecule has 0 fully saturated rings. The maximum atomic E-state index is 9.39. The van der Waals surface area contributed by atoms with Crippen LogP contribution in [0.2, 0.25) is 0 Å². The lowest BCUT2D eigenvalue weighted by atomic mass is 9.79. The normalized spacial score (nSPS) is 26.8.